The molecule has 0 radical (unpaired) electrons. The minimum absolute atomic E-state index is 0.0819. The van der Waals surface area contributed by atoms with E-state index in [0.717, 1.165) is 37.5 Å². The van der Waals surface area contributed by atoms with Crippen molar-refractivity contribution in [1.82, 2.24) is 14.5 Å². The number of thioether (sulfide) groups is 1. The van der Waals surface area contributed by atoms with Gasteiger partial charge < -0.3 is 14.2 Å². The molecule has 1 fully saturated rings. The lowest BCUT2D eigenvalue weighted by molar-refractivity contribution is 0.0743. The zero-order chi connectivity index (χ0) is 13.2. The van der Waals surface area contributed by atoms with E-state index in [1.54, 1.807) is 11.8 Å². The first kappa shape index (κ1) is 13.0. The molecule has 0 saturated carbocycles. The first-order chi connectivity index (χ1) is 9.29. The van der Waals surface area contributed by atoms with Gasteiger partial charge in [0.15, 0.2) is 0 Å². The normalized spacial score (nSPS) is 22.6. The number of hydrogen-bond acceptors (Lipinski definition) is 4. The van der Waals surface area contributed by atoms with Crippen LogP contribution in [0.3, 0.4) is 0 Å². The molecule has 3 heterocycles. The number of ether oxygens (including phenoxy) is 1. The second-order valence-corrected chi connectivity index (χ2v) is 5.95. The summed E-state index contributed by atoms with van der Waals surface area (Å²) in [5.74, 6) is 1.97. The Kier molecular flexibility index (Phi) is 3.79. The number of carbonyl (C=O) groups is 1. The maximum absolute atomic E-state index is 12.6. The van der Waals surface area contributed by atoms with Gasteiger partial charge in [0.2, 0.25) is 0 Å². The number of aromatic nitrogens is 2. The van der Waals surface area contributed by atoms with Gasteiger partial charge in [0.25, 0.3) is 5.91 Å². The predicted octanol–water partition coefficient (Wildman–Crippen LogP) is 1.38. The van der Waals surface area contributed by atoms with Crippen molar-refractivity contribution >= 4 is 17.7 Å². The number of hydrogen-bond donors (Lipinski definition) is 0. The molecule has 0 spiro atoms. The van der Waals surface area contributed by atoms with Crippen LogP contribution >= 0.6 is 11.8 Å². The van der Waals surface area contributed by atoms with Crippen LogP contribution in [-0.2, 0) is 17.9 Å². The van der Waals surface area contributed by atoms with Gasteiger partial charge >= 0.3 is 0 Å². The van der Waals surface area contributed by atoms with Crippen LogP contribution in [0.15, 0.2) is 6.20 Å². The van der Waals surface area contributed by atoms with Crippen molar-refractivity contribution in [2.24, 2.45) is 0 Å². The van der Waals surface area contributed by atoms with Gasteiger partial charge in [0.05, 0.1) is 6.61 Å². The highest BCUT2D eigenvalue weighted by Crippen LogP contribution is 2.22. The highest BCUT2D eigenvalue weighted by Gasteiger charge is 2.30. The molecule has 1 amide bonds. The van der Waals surface area contributed by atoms with Crippen molar-refractivity contribution in [3.63, 3.8) is 0 Å². The SMILES string of the molecule is CSCC1CCCN1C(=O)c1cn2c(n1)COCC2. The summed E-state index contributed by atoms with van der Waals surface area (Å²) in [7, 11) is 0. The molecule has 3 rings (SSSR count). The van der Waals surface area contributed by atoms with Crippen molar-refractivity contribution in [2.45, 2.75) is 32.0 Å². The number of fused-ring (bicyclic) bond motifs is 1. The molecule has 6 heteroatoms. The summed E-state index contributed by atoms with van der Waals surface area (Å²) in [6.07, 6.45) is 6.19. The number of nitrogens with zero attached hydrogens (tertiary/aromatic N) is 3. The standard InChI is InChI=1S/C13H19N3O2S/c1-19-9-10-3-2-4-16(10)13(17)11-7-15-5-6-18-8-12(15)14-11/h7,10H,2-6,8-9H2,1H3. The minimum Gasteiger partial charge on any atom is -0.372 e. The third-order valence-corrected chi connectivity index (χ3v) is 4.50. The Morgan fingerprint density at radius 1 is 1.58 bits per heavy atom. The fourth-order valence-corrected chi connectivity index (χ4v) is 3.54. The van der Waals surface area contributed by atoms with Crippen LogP contribution in [0.4, 0.5) is 0 Å². The third-order valence-electron chi connectivity index (χ3n) is 3.78. The fourth-order valence-electron chi connectivity index (χ4n) is 2.81. The van der Waals surface area contributed by atoms with Gasteiger partial charge in [-0.1, -0.05) is 0 Å². The molecular weight excluding hydrogens is 262 g/mol. The molecule has 2 aliphatic rings. The van der Waals surface area contributed by atoms with E-state index in [9.17, 15) is 4.79 Å². The Bertz CT molecular complexity index is 451. The zero-order valence-electron chi connectivity index (χ0n) is 11.2. The second kappa shape index (κ2) is 5.54. The molecule has 0 aliphatic carbocycles. The smallest absolute Gasteiger partial charge is 0.274 e. The second-order valence-electron chi connectivity index (χ2n) is 5.04. The summed E-state index contributed by atoms with van der Waals surface area (Å²) in [5, 5.41) is 0. The molecule has 1 aromatic heterocycles. The lowest BCUT2D eigenvalue weighted by Crippen LogP contribution is -2.37. The largest absolute Gasteiger partial charge is 0.372 e. The Balaban J connectivity index is 1.77. The number of amides is 1. The van der Waals surface area contributed by atoms with E-state index in [0.29, 0.717) is 24.9 Å². The van der Waals surface area contributed by atoms with Crippen molar-refractivity contribution in [3.8, 4) is 0 Å². The van der Waals surface area contributed by atoms with Crippen LogP contribution in [0.2, 0.25) is 0 Å². The van der Waals surface area contributed by atoms with Crippen LogP contribution in [-0.4, -0.2) is 51.6 Å². The van der Waals surface area contributed by atoms with E-state index >= 15 is 0 Å². The van der Waals surface area contributed by atoms with Crippen molar-refractivity contribution in [2.75, 3.05) is 25.2 Å². The summed E-state index contributed by atoms with van der Waals surface area (Å²) in [4.78, 5) is 19.0. The first-order valence-corrected chi connectivity index (χ1v) is 8.12. The quantitative estimate of drug-likeness (QED) is 0.840. The first-order valence-electron chi connectivity index (χ1n) is 6.73. The minimum atomic E-state index is 0.0819. The van der Waals surface area contributed by atoms with E-state index < -0.39 is 0 Å². The molecule has 0 aromatic carbocycles. The number of rotatable bonds is 3. The predicted molar refractivity (Wildman–Crippen MR) is 74.3 cm³/mol. The Hall–Kier alpha value is -1.01. The highest BCUT2D eigenvalue weighted by atomic mass is 32.2. The third kappa shape index (κ3) is 2.51. The van der Waals surface area contributed by atoms with Crippen molar-refractivity contribution in [3.05, 3.63) is 17.7 Å². The monoisotopic (exact) mass is 281 g/mol. The van der Waals surface area contributed by atoms with Gasteiger partial charge in [-0.3, -0.25) is 4.79 Å². The summed E-state index contributed by atoms with van der Waals surface area (Å²) in [6, 6.07) is 0.373. The lowest BCUT2D eigenvalue weighted by Gasteiger charge is -2.23. The summed E-state index contributed by atoms with van der Waals surface area (Å²) in [6.45, 7) is 2.88. The van der Waals surface area contributed by atoms with Crippen LogP contribution < -0.4 is 0 Å². The van der Waals surface area contributed by atoms with Crippen molar-refractivity contribution in [1.29, 1.82) is 0 Å². The number of imidazole rings is 1. The van der Waals surface area contributed by atoms with Crippen LogP contribution in [0.25, 0.3) is 0 Å². The lowest BCUT2D eigenvalue weighted by atomic mass is 10.2. The van der Waals surface area contributed by atoms with E-state index in [-0.39, 0.29) is 5.91 Å². The van der Waals surface area contributed by atoms with Crippen molar-refractivity contribution < 1.29 is 9.53 Å². The van der Waals surface area contributed by atoms with Gasteiger partial charge in [-0.05, 0) is 19.1 Å². The molecule has 104 valence electrons. The molecule has 2 aliphatic heterocycles. The maximum atomic E-state index is 12.6. The maximum Gasteiger partial charge on any atom is 0.274 e. The Morgan fingerprint density at radius 3 is 3.26 bits per heavy atom. The van der Waals surface area contributed by atoms with Gasteiger partial charge in [0, 0.05) is 31.1 Å². The summed E-state index contributed by atoms with van der Waals surface area (Å²) in [5.41, 5.74) is 0.577. The summed E-state index contributed by atoms with van der Waals surface area (Å²) < 4.78 is 7.40. The topological polar surface area (TPSA) is 47.4 Å². The van der Waals surface area contributed by atoms with E-state index in [1.807, 2.05) is 15.7 Å². The average molecular weight is 281 g/mol. The van der Waals surface area contributed by atoms with Gasteiger partial charge in [-0.15, -0.1) is 0 Å². The van der Waals surface area contributed by atoms with E-state index in [1.165, 1.54) is 0 Å². The van der Waals surface area contributed by atoms with Gasteiger partial charge in [-0.2, -0.15) is 11.8 Å². The van der Waals surface area contributed by atoms with Crippen LogP contribution in [0.1, 0.15) is 29.2 Å². The summed E-state index contributed by atoms with van der Waals surface area (Å²) >= 11 is 1.80. The Morgan fingerprint density at radius 2 is 2.47 bits per heavy atom. The molecule has 1 saturated heterocycles. The van der Waals surface area contributed by atoms with Gasteiger partial charge in [-0.25, -0.2) is 4.98 Å². The Labute approximate surface area is 117 Å². The molecular formula is C13H19N3O2S. The van der Waals surface area contributed by atoms with E-state index in [4.69, 9.17) is 4.74 Å². The van der Waals surface area contributed by atoms with Gasteiger partial charge in [0.1, 0.15) is 18.1 Å². The zero-order valence-corrected chi connectivity index (χ0v) is 12.0. The van der Waals surface area contributed by atoms with E-state index in [2.05, 4.69) is 11.2 Å². The number of carbonyl (C=O) groups excluding carboxylic acids is 1. The average Bonchev–Trinajstić information content (AvgIpc) is 3.04. The molecule has 1 aromatic rings. The highest BCUT2D eigenvalue weighted by molar-refractivity contribution is 7.98. The number of likely N-dealkylation sites (tertiary alicyclic amines) is 1. The molecule has 5 nitrogen and oxygen atoms in total. The molecule has 19 heavy (non-hydrogen) atoms. The molecule has 1 unspecified atom stereocenters. The fraction of sp³-hybridized carbons (Fsp3) is 0.692. The van der Waals surface area contributed by atoms with Crippen LogP contribution in [0, 0.1) is 0 Å². The molecule has 1 atom stereocenters. The molecule has 0 N–H and O–H groups in total. The molecule has 0 bridgehead atoms. The van der Waals surface area contributed by atoms with Crippen LogP contribution in [0.5, 0.6) is 0 Å².